The number of nitrogens with zero attached hydrogens (tertiary/aromatic N) is 2. The van der Waals surface area contributed by atoms with Gasteiger partial charge in [0.25, 0.3) is 0 Å². The average Bonchev–Trinajstić information content (AvgIpc) is 2.79. The van der Waals surface area contributed by atoms with Crippen LogP contribution in [0.15, 0.2) is 91.1 Å². The maximum absolute atomic E-state index is 13.0. The van der Waals surface area contributed by atoms with Gasteiger partial charge in [0.15, 0.2) is 5.54 Å². The fraction of sp³-hybridized carbons (Fsp3) is 0.120. The van der Waals surface area contributed by atoms with Gasteiger partial charge < -0.3 is 4.74 Å². The first-order valence-electron chi connectivity index (χ1n) is 9.46. The number of nitriles is 1. The molecule has 4 nitrogen and oxygen atoms in total. The lowest BCUT2D eigenvalue weighted by atomic mass is 9.79. The van der Waals surface area contributed by atoms with Gasteiger partial charge in [-0.3, -0.25) is 4.90 Å². The molecule has 1 heterocycles. The van der Waals surface area contributed by atoms with Crippen molar-refractivity contribution in [3.8, 4) is 6.07 Å². The molecule has 0 aromatic heterocycles. The van der Waals surface area contributed by atoms with Crippen molar-refractivity contribution in [2.45, 2.75) is 18.6 Å². The topological polar surface area (TPSA) is 53.3 Å². The minimum absolute atomic E-state index is 0.151. The molecule has 1 aliphatic rings. The summed E-state index contributed by atoms with van der Waals surface area (Å²) < 4.78 is 5.56. The molecule has 1 aliphatic heterocycles. The molecule has 1 unspecified atom stereocenters. The summed E-state index contributed by atoms with van der Waals surface area (Å²) in [5, 5.41) is 10.3. The summed E-state index contributed by atoms with van der Waals surface area (Å²) in [6.07, 6.45) is 3.32. The van der Waals surface area contributed by atoms with Crippen molar-refractivity contribution in [3.05, 3.63) is 113 Å². The van der Waals surface area contributed by atoms with Gasteiger partial charge in [0, 0.05) is 18.2 Å². The molecular weight excluding hydrogens is 360 g/mol. The number of benzene rings is 3. The van der Waals surface area contributed by atoms with Gasteiger partial charge in [0.1, 0.15) is 6.61 Å². The Labute approximate surface area is 170 Å². The first-order chi connectivity index (χ1) is 14.2. The predicted molar refractivity (Wildman–Crippen MR) is 111 cm³/mol. The van der Waals surface area contributed by atoms with Crippen molar-refractivity contribution in [2.24, 2.45) is 0 Å². The van der Waals surface area contributed by atoms with E-state index in [0.717, 1.165) is 22.3 Å². The van der Waals surface area contributed by atoms with E-state index in [2.05, 4.69) is 6.07 Å². The second-order valence-electron chi connectivity index (χ2n) is 6.95. The standard InChI is InChI=1S/C25H20N2O2/c26-19-25(17-20-9-3-1-4-10-20)23-14-8-7-13-22(23)15-16-27(25)24(28)29-18-21-11-5-2-6-12-21/h1-16H,17-18H2. The SMILES string of the molecule is N#CC1(Cc2ccccc2)c2ccccc2C=CN1C(=O)OCc1ccccc1. The van der Waals surface area contributed by atoms with Gasteiger partial charge in [0.05, 0.1) is 6.07 Å². The average molecular weight is 380 g/mol. The molecule has 0 spiro atoms. The van der Waals surface area contributed by atoms with E-state index in [1.54, 1.807) is 6.20 Å². The molecular formula is C25H20N2O2. The summed E-state index contributed by atoms with van der Waals surface area (Å²) >= 11 is 0. The zero-order valence-electron chi connectivity index (χ0n) is 15.9. The predicted octanol–water partition coefficient (Wildman–Crippen LogP) is 5.27. The summed E-state index contributed by atoms with van der Waals surface area (Å²) in [6, 6.07) is 29.3. The Hall–Kier alpha value is -3.84. The molecule has 142 valence electrons. The zero-order chi connectivity index (χ0) is 20.1. The molecule has 3 aromatic rings. The number of amides is 1. The van der Waals surface area contributed by atoms with Crippen LogP contribution in [0.3, 0.4) is 0 Å². The van der Waals surface area contributed by atoms with E-state index in [0.29, 0.717) is 6.42 Å². The molecule has 4 rings (SSSR count). The van der Waals surface area contributed by atoms with Crippen LogP contribution in [0.2, 0.25) is 0 Å². The van der Waals surface area contributed by atoms with Crippen LogP contribution in [0.5, 0.6) is 0 Å². The normalized spacial score (nSPS) is 17.3. The van der Waals surface area contributed by atoms with Crippen LogP contribution >= 0.6 is 0 Å². The summed E-state index contributed by atoms with van der Waals surface area (Å²) in [5.74, 6) is 0. The highest BCUT2D eigenvalue weighted by Crippen LogP contribution is 2.39. The van der Waals surface area contributed by atoms with Gasteiger partial charge in [-0.1, -0.05) is 84.9 Å². The fourth-order valence-electron chi connectivity index (χ4n) is 3.66. The number of hydrogen-bond acceptors (Lipinski definition) is 3. The number of rotatable bonds is 4. The lowest BCUT2D eigenvalue weighted by Crippen LogP contribution is -2.49. The second kappa shape index (κ2) is 8.04. The summed E-state index contributed by atoms with van der Waals surface area (Å²) in [7, 11) is 0. The van der Waals surface area contributed by atoms with Crippen molar-refractivity contribution in [1.29, 1.82) is 5.26 Å². The van der Waals surface area contributed by atoms with Crippen molar-refractivity contribution < 1.29 is 9.53 Å². The van der Waals surface area contributed by atoms with Gasteiger partial charge in [0.2, 0.25) is 0 Å². The zero-order valence-corrected chi connectivity index (χ0v) is 15.9. The van der Waals surface area contributed by atoms with E-state index in [1.165, 1.54) is 4.90 Å². The smallest absolute Gasteiger partial charge is 0.415 e. The van der Waals surface area contributed by atoms with Gasteiger partial charge in [-0.2, -0.15) is 5.26 Å². The second-order valence-corrected chi connectivity index (χ2v) is 6.95. The highest BCUT2D eigenvalue weighted by molar-refractivity contribution is 5.76. The monoisotopic (exact) mass is 380 g/mol. The highest BCUT2D eigenvalue weighted by Gasteiger charge is 2.45. The minimum atomic E-state index is -1.18. The molecule has 3 aromatic carbocycles. The third-order valence-electron chi connectivity index (χ3n) is 5.11. The molecule has 0 fully saturated rings. The van der Waals surface area contributed by atoms with Gasteiger partial charge >= 0.3 is 6.09 Å². The number of ether oxygens (including phenoxy) is 1. The third kappa shape index (κ3) is 3.63. The first-order valence-corrected chi connectivity index (χ1v) is 9.46. The van der Waals surface area contributed by atoms with Crippen LogP contribution in [0.4, 0.5) is 4.79 Å². The summed E-state index contributed by atoms with van der Waals surface area (Å²) in [5.41, 5.74) is 2.41. The Kier molecular flexibility index (Phi) is 5.13. The first kappa shape index (κ1) is 18.5. The number of fused-ring (bicyclic) bond motifs is 1. The van der Waals surface area contributed by atoms with Gasteiger partial charge in [-0.15, -0.1) is 0 Å². The van der Waals surface area contributed by atoms with Crippen molar-refractivity contribution >= 4 is 12.2 Å². The summed E-state index contributed by atoms with van der Waals surface area (Å²) in [6.45, 7) is 0.151. The molecule has 1 atom stereocenters. The van der Waals surface area contributed by atoms with E-state index in [1.807, 2.05) is 91.0 Å². The molecule has 0 saturated carbocycles. The fourth-order valence-corrected chi connectivity index (χ4v) is 3.66. The maximum Gasteiger partial charge on any atom is 0.415 e. The molecule has 0 aliphatic carbocycles. The van der Waals surface area contributed by atoms with Crippen LogP contribution in [0.25, 0.3) is 6.08 Å². The highest BCUT2D eigenvalue weighted by atomic mass is 16.6. The Morgan fingerprint density at radius 3 is 2.21 bits per heavy atom. The molecule has 4 heteroatoms. The maximum atomic E-state index is 13.0. The lowest BCUT2D eigenvalue weighted by molar-refractivity contribution is 0.0838. The molecule has 0 radical (unpaired) electrons. The Balaban J connectivity index is 1.69. The Morgan fingerprint density at radius 2 is 1.52 bits per heavy atom. The van der Waals surface area contributed by atoms with E-state index >= 15 is 0 Å². The Bertz CT molecular complexity index is 1070. The molecule has 0 bridgehead atoms. The quantitative estimate of drug-likeness (QED) is 0.619. The van der Waals surface area contributed by atoms with Crippen molar-refractivity contribution in [1.82, 2.24) is 4.90 Å². The molecule has 0 N–H and O–H groups in total. The molecule has 1 amide bonds. The number of hydrogen-bond donors (Lipinski definition) is 0. The van der Waals surface area contributed by atoms with Crippen LogP contribution in [0, 0.1) is 11.3 Å². The van der Waals surface area contributed by atoms with Crippen LogP contribution < -0.4 is 0 Å². The van der Waals surface area contributed by atoms with Crippen LogP contribution in [-0.4, -0.2) is 11.0 Å². The third-order valence-corrected chi connectivity index (χ3v) is 5.11. The van der Waals surface area contributed by atoms with Crippen LogP contribution in [-0.2, 0) is 23.3 Å². The van der Waals surface area contributed by atoms with Gasteiger partial charge in [-0.25, -0.2) is 4.79 Å². The Morgan fingerprint density at radius 1 is 0.897 bits per heavy atom. The van der Waals surface area contributed by atoms with Crippen LogP contribution in [0.1, 0.15) is 22.3 Å². The largest absolute Gasteiger partial charge is 0.444 e. The van der Waals surface area contributed by atoms with E-state index in [9.17, 15) is 10.1 Å². The van der Waals surface area contributed by atoms with E-state index in [-0.39, 0.29) is 6.61 Å². The van der Waals surface area contributed by atoms with E-state index < -0.39 is 11.6 Å². The molecule has 0 saturated heterocycles. The van der Waals surface area contributed by atoms with E-state index in [4.69, 9.17) is 4.74 Å². The minimum Gasteiger partial charge on any atom is -0.444 e. The van der Waals surface area contributed by atoms with Crippen molar-refractivity contribution in [2.75, 3.05) is 0 Å². The number of carbonyl (C=O) groups is 1. The lowest BCUT2D eigenvalue weighted by Gasteiger charge is -2.39. The number of carbonyl (C=O) groups excluding carboxylic acids is 1. The molecule has 29 heavy (non-hydrogen) atoms. The van der Waals surface area contributed by atoms with Gasteiger partial charge in [-0.05, 0) is 22.8 Å². The summed E-state index contributed by atoms with van der Waals surface area (Å²) in [4.78, 5) is 14.5. The van der Waals surface area contributed by atoms with Crippen molar-refractivity contribution in [3.63, 3.8) is 0 Å².